The second-order valence-electron chi connectivity index (χ2n) is 3.15. The maximum Gasteiger partial charge on any atom is 0.0703 e. The van der Waals surface area contributed by atoms with Gasteiger partial charge >= 0.3 is 0 Å². The smallest absolute Gasteiger partial charge is 0.0703 e. The minimum absolute atomic E-state index is 0.280. The Balaban J connectivity index is 2.88. The Morgan fingerprint density at radius 1 is 1.15 bits per heavy atom. The molecule has 0 aliphatic heterocycles. The molecule has 0 saturated carbocycles. The zero-order valence-corrected chi connectivity index (χ0v) is 8.58. The summed E-state index contributed by atoms with van der Waals surface area (Å²) in [5.74, 6) is 0. The Kier molecular flexibility index (Phi) is 9.07. The third kappa shape index (κ3) is 11.4. The number of nitrogens with zero attached hydrogens (tertiary/aromatic N) is 1. The van der Waals surface area contributed by atoms with Crippen molar-refractivity contribution in [2.24, 2.45) is 0 Å². The fourth-order valence-corrected chi connectivity index (χ4v) is 0.853. The molecule has 0 amide bonds. The second-order valence-corrected chi connectivity index (χ2v) is 3.15. The van der Waals surface area contributed by atoms with Crippen LogP contribution in [-0.4, -0.2) is 25.9 Å². The van der Waals surface area contributed by atoms with Crippen LogP contribution in [0.5, 0.6) is 0 Å². The van der Waals surface area contributed by atoms with Crippen molar-refractivity contribution in [1.82, 2.24) is 0 Å². The van der Waals surface area contributed by atoms with E-state index in [1.54, 1.807) is 0 Å². The van der Waals surface area contributed by atoms with Gasteiger partial charge in [0.1, 0.15) is 0 Å². The normalized spacial score (nSPS) is 10.3. The van der Waals surface area contributed by atoms with Crippen molar-refractivity contribution in [3.63, 3.8) is 0 Å². The fourth-order valence-electron chi connectivity index (χ4n) is 0.853. The van der Waals surface area contributed by atoms with Crippen LogP contribution < -0.4 is 0 Å². The standard InChI is InChI=1S/C10H19NO2/c1-10(2)13-9-8-12-7-5-3-4-6-11/h10H,3-5,7-9H2,1-2H3. The molecule has 0 heterocycles. The Bertz CT molecular complexity index is 140. The predicted molar refractivity (Wildman–Crippen MR) is 51.4 cm³/mol. The number of ether oxygens (including phenoxy) is 2. The zero-order chi connectivity index (χ0) is 9.94. The largest absolute Gasteiger partial charge is 0.379 e. The lowest BCUT2D eigenvalue weighted by Crippen LogP contribution is -2.09. The molecule has 3 nitrogen and oxygen atoms in total. The topological polar surface area (TPSA) is 42.2 Å². The number of nitriles is 1. The van der Waals surface area contributed by atoms with Crippen LogP contribution >= 0.6 is 0 Å². The van der Waals surface area contributed by atoms with Gasteiger partial charge < -0.3 is 9.47 Å². The third-order valence-electron chi connectivity index (χ3n) is 1.51. The van der Waals surface area contributed by atoms with E-state index in [-0.39, 0.29) is 6.10 Å². The molecule has 0 aliphatic carbocycles. The first-order valence-electron chi connectivity index (χ1n) is 4.83. The molecule has 3 heteroatoms. The number of hydrogen-bond acceptors (Lipinski definition) is 3. The van der Waals surface area contributed by atoms with Crippen LogP contribution in [0.25, 0.3) is 0 Å². The first-order chi connectivity index (χ1) is 6.27. The van der Waals surface area contributed by atoms with E-state index >= 15 is 0 Å². The number of unbranched alkanes of at least 4 members (excludes halogenated alkanes) is 2. The number of rotatable bonds is 8. The predicted octanol–water partition coefficient (Wildman–Crippen LogP) is 2.12. The van der Waals surface area contributed by atoms with Crippen LogP contribution in [-0.2, 0) is 9.47 Å². The molecule has 0 aromatic heterocycles. The highest BCUT2D eigenvalue weighted by molar-refractivity contribution is 4.67. The second kappa shape index (κ2) is 9.50. The Morgan fingerprint density at radius 2 is 1.92 bits per heavy atom. The van der Waals surface area contributed by atoms with Crippen LogP contribution in [0.1, 0.15) is 33.1 Å². The molecule has 0 aromatic rings. The summed E-state index contributed by atoms with van der Waals surface area (Å²) in [5.41, 5.74) is 0. The summed E-state index contributed by atoms with van der Waals surface area (Å²) < 4.78 is 10.6. The van der Waals surface area contributed by atoms with Crippen molar-refractivity contribution in [3.05, 3.63) is 0 Å². The molecular formula is C10H19NO2. The maximum atomic E-state index is 8.26. The summed E-state index contributed by atoms with van der Waals surface area (Å²) in [6.45, 7) is 6.07. The average Bonchev–Trinajstić information content (AvgIpc) is 2.09. The highest BCUT2D eigenvalue weighted by atomic mass is 16.5. The molecule has 0 unspecified atom stereocenters. The summed E-state index contributed by atoms with van der Waals surface area (Å²) >= 11 is 0. The van der Waals surface area contributed by atoms with Gasteiger partial charge in [0.05, 0.1) is 25.4 Å². The van der Waals surface area contributed by atoms with Crippen LogP contribution in [0.3, 0.4) is 0 Å². The van der Waals surface area contributed by atoms with Gasteiger partial charge in [0, 0.05) is 13.0 Å². The quantitative estimate of drug-likeness (QED) is 0.544. The van der Waals surface area contributed by atoms with E-state index in [4.69, 9.17) is 14.7 Å². The molecule has 0 atom stereocenters. The molecule has 0 spiro atoms. The van der Waals surface area contributed by atoms with Crippen molar-refractivity contribution in [2.45, 2.75) is 39.2 Å². The summed E-state index contributed by atoms with van der Waals surface area (Å²) in [5, 5.41) is 8.26. The van der Waals surface area contributed by atoms with Crippen molar-refractivity contribution in [3.8, 4) is 6.07 Å². The van der Waals surface area contributed by atoms with Gasteiger partial charge in [-0.2, -0.15) is 5.26 Å². The summed E-state index contributed by atoms with van der Waals surface area (Å²) in [7, 11) is 0. The van der Waals surface area contributed by atoms with E-state index < -0.39 is 0 Å². The molecule has 76 valence electrons. The SMILES string of the molecule is CC(C)OCCOCCCCC#N. The molecule has 0 aliphatic rings. The van der Waals surface area contributed by atoms with Gasteiger partial charge in [-0.25, -0.2) is 0 Å². The Morgan fingerprint density at radius 3 is 2.54 bits per heavy atom. The first kappa shape index (κ1) is 12.4. The van der Waals surface area contributed by atoms with Gasteiger partial charge in [0.25, 0.3) is 0 Å². The van der Waals surface area contributed by atoms with E-state index in [9.17, 15) is 0 Å². The molecular weight excluding hydrogens is 166 g/mol. The van der Waals surface area contributed by atoms with Gasteiger partial charge in [0.15, 0.2) is 0 Å². The van der Waals surface area contributed by atoms with Crippen molar-refractivity contribution in [2.75, 3.05) is 19.8 Å². The molecule has 0 radical (unpaired) electrons. The molecule has 0 bridgehead atoms. The van der Waals surface area contributed by atoms with E-state index in [0.717, 1.165) is 19.4 Å². The first-order valence-corrected chi connectivity index (χ1v) is 4.83. The fraction of sp³-hybridized carbons (Fsp3) is 0.900. The highest BCUT2D eigenvalue weighted by Crippen LogP contribution is 1.94. The molecule has 0 aromatic carbocycles. The van der Waals surface area contributed by atoms with E-state index in [0.29, 0.717) is 19.6 Å². The van der Waals surface area contributed by atoms with Gasteiger partial charge in [-0.3, -0.25) is 0 Å². The van der Waals surface area contributed by atoms with Gasteiger partial charge in [0.2, 0.25) is 0 Å². The third-order valence-corrected chi connectivity index (χ3v) is 1.51. The average molecular weight is 185 g/mol. The van der Waals surface area contributed by atoms with Crippen LogP contribution in [0.4, 0.5) is 0 Å². The summed E-state index contributed by atoms with van der Waals surface area (Å²) in [6, 6.07) is 2.10. The van der Waals surface area contributed by atoms with Crippen LogP contribution in [0.2, 0.25) is 0 Å². The maximum absolute atomic E-state index is 8.26. The molecule has 0 N–H and O–H groups in total. The van der Waals surface area contributed by atoms with Gasteiger partial charge in [-0.05, 0) is 26.7 Å². The lowest BCUT2D eigenvalue weighted by molar-refractivity contribution is 0.0188. The van der Waals surface area contributed by atoms with Crippen molar-refractivity contribution >= 4 is 0 Å². The zero-order valence-electron chi connectivity index (χ0n) is 8.58. The van der Waals surface area contributed by atoms with E-state index in [1.807, 2.05) is 13.8 Å². The Labute approximate surface area is 80.6 Å². The minimum Gasteiger partial charge on any atom is -0.379 e. The number of hydrogen-bond donors (Lipinski definition) is 0. The van der Waals surface area contributed by atoms with Gasteiger partial charge in [-0.15, -0.1) is 0 Å². The van der Waals surface area contributed by atoms with Crippen molar-refractivity contribution < 1.29 is 9.47 Å². The molecule has 0 saturated heterocycles. The van der Waals surface area contributed by atoms with E-state index in [1.165, 1.54) is 0 Å². The highest BCUT2D eigenvalue weighted by Gasteiger charge is 1.93. The van der Waals surface area contributed by atoms with Crippen molar-refractivity contribution in [1.29, 1.82) is 5.26 Å². The molecule has 0 rings (SSSR count). The lowest BCUT2D eigenvalue weighted by Gasteiger charge is -2.07. The van der Waals surface area contributed by atoms with Gasteiger partial charge in [-0.1, -0.05) is 0 Å². The molecule has 0 fully saturated rings. The minimum atomic E-state index is 0.280. The van der Waals surface area contributed by atoms with E-state index in [2.05, 4.69) is 6.07 Å². The monoisotopic (exact) mass is 185 g/mol. The molecule has 13 heavy (non-hydrogen) atoms. The summed E-state index contributed by atoms with van der Waals surface area (Å²) in [4.78, 5) is 0. The summed E-state index contributed by atoms with van der Waals surface area (Å²) in [6.07, 6.45) is 2.81. The Hall–Kier alpha value is -0.590. The lowest BCUT2D eigenvalue weighted by atomic mass is 10.3. The van der Waals surface area contributed by atoms with Crippen LogP contribution in [0, 0.1) is 11.3 Å². The van der Waals surface area contributed by atoms with Crippen LogP contribution in [0.15, 0.2) is 0 Å².